The molecular formula is C23H27N5O4S. The van der Waals surface area contributed by atoms with Gasteiger partial charge in [0.15, 0.2) is 0 Å². The molecule has 0 saturated heterocycles. The maximum atomic E-state index is 12.7. The molecule has 0 aliphatic carbocycles. The van der Waals surface area contributed by atoms with Gasteiger partial charge in [0.1, 0.15) is 5.82 Å². The molecule has 1 aromatic heterocycles. The molecule has 1 amide bonds. The smallest absolute Gasteiger partial charge is 0.345 e. The highest BCUT2D eigenvalue weighted by atomic mass is 32.2. The Hall–Kier alpha value is -3.40. The molecule has 2 heterocycles. The van der Waals surface area contributed by atoms with Crippen LogP contribution in [0.4, 0.5) is 5.69 Å². The first-order chi connectivity index (χ1) is 15.8. The highest BCUT2D eigenvalue weighted by Gasteiger charge is 2.18. The number of carbonyl (C=O) groups excluding carboxylic acids is 1. The summed E-state index contributed by atoms with van der Waals surface area (Å²) < 4.78 is 31.2. The largest absolute Gasteiger partial charge is 0.352 e. The number of sulfonamides is 1. The van der Waals surface area contributed by atoms with Crippen molar-refractivity contribution in [2.75, 3.05) is 11.3 Å². The molecule has 1 aliphatic heterocycles. The number of nitrogens with one attached hydrogen (secondary N) is 2. The molecule has 0 radical (unpaired) electrons. The molecule has 33 heavy (non-hydrogen) atoms. The van der Waals surface area contributed by atoms with Gasteiger partial charge in [-0.05, 0) is 62.1 Å². The fraction of sp³-hybridized carbons (Fsp3) is 0.348. The second-order valence-corrected chi connectivity index (χ2v) is 9.83. The van der Waals surface area contributed by atoms with E-state index < -0.39 is 10.0 Å². The molecule has 0 bridgehead atoms. The summed E-state index contributed by atoms with van der Waals surface area (Å²) in [5, 5.41) is 7.17. The number of hydrogen-bond acceptors (Lipinski definition) is 5. The molecule has 1 aliphatic rings. The third kappa shape index (κ3) is 5.33. The lowest BCUT2D eigenvalue weighted by atomic mass is 10.2. The van der Waals surface area contributed by atoms with Gasteiger partial charge in [0.25, 0.3) is 15.9 Å². The Morgan fingerprint density at radius 3 is 2.73 bits per heavy atom. The number of hydrogen-bond donors (Lipinski definition) is 2. The standard InChI is InChI=1S/C23H27N5O4S/c1-17-7-4-9-19(15-17)26-33(31,32)20-10-5-8-18(16-20)22(29)24-12-6-14-28-23(30)27-13-3-2-11-21(27)25-28/h4-5,7-10,15-16,26H,2-3,6,11-14H2,1H3,(H,24,29). The monoisotopic (exact) mass is 469 g/mol. The fourth-order valence-electron chi connectivity index (χ4n) is 3.85. The van der Waals surface area contributed by atoms with Gasteiger partial charge >= 0.3 is 5.69 Å². The van der Waals surface area contributed by atoms with Gasteiger partial charge in [0.2, 0.25) is 0 Å². The average Bonchev–Trinajstić information content (AvgIpc) is 3.12. The molecule has 3 aromatic rings. The fourth-order valence-corrected chi connectivity index (χ4v) is 4.95. The van der Waals surface area contributed by atoms with Crippen molar-refractivity contribution in [1.29, 1.82) is 0 Å². The molecular weight excluding hydrogens is 442 g/mol. The van der Waals surface area contributed by atoms with Crippen LogP contribution in [0.25, 0.3) is 0 Å². The molecule has 9 nitrogen and oxygen atoms in total. The van der Waals surface area contributed by atoms with Gasteiger partial charge < -0.3 is 5.32 Å². The van der Waals surface area contributed by atoms with E-state index in [1.54, 1.807) is 28.8 Å². The van der Waals surface area contributed by atoms with Crippen LogP contribution in [0.2, 0.25) is 0 Å². The summed E-state index contributed by atoms with van der Waals surface area (Å²) in [6.45, 7) is 3.34. The van der Waals surface area contributed by atoms with Crippen LogP contribution in [0.3, 0.4) is 0 Å². The number of carbonyl (C=O) groups is 1. The maximum absolute atomic E-state index is 12.7. The van der Waals surface area contributed by atoms with Crippen LogP contribution in [0.15, 0.2) is 58.2 Å². The summed E-state index contributed by atoms with van der Waals surface area (Å²) in [5.74, 6) is 0.451. The van der Waals surface area contributed by atoms with Crippen molar-refractivity contribution in [2.24, 2.45) is 0 Å². The van der Waals surface area contributed by atoms with Crippen molar-refractivity contribution in [2.45, 2.75) is 50.6 Å². The highest BCUT2D eigenvalue weighted by molar-refractivity contribution is 7.92. The van der Waals surface area contributed by atoms with Crippen molar-refractivity contribution in [1.82, 2.24) is 19.7 Å². The van der Waals surface area contributed by atoms with Crippen LogP contribution in [-0.4, -0.2) is 35.2 Å². The van der Waals surface area contributed by atoms with Gasteiger partial charge in [-0.2, -0.15) is 5.10 Å². The van der Waals surface area contributed by atoms with E-state index in [0.29, 0.717) is 31.7 Å². The zero-order valence-corrected chi connectivity index (χ0v) is 19.3. The van der Waals surface area contributed by atoms with E-state index >= 15 is 0 Å². The first kappa shape index (κ1) is 22.8. The van der Waals surface area contributed by atoms with Crippen molar-refractivity contribution in [3.05, 3.63) is 76.0 Å². The normalized spacial score (nSPS) is 13.4. The van der Waals surface area contributed by atoms with E-state index in [-0.39, 0.29) is 22.1 Å². The summed E-state index contributed by atoms with van der Waals surface area (Å²) in [5.41, 5.74) is 1.54. The Kier molecular flexibility index (Phi) is 6.64. The minimum absolute atomic E-state index is 0.00630. The maximum Gasteiger partial charge on any atom is 0.345 e. The second-order valence-electron chi connectivity index (χ2n) is 8.14. The number of benzene rings is 2. The lowest BCUT2D eigenvalue weighted by Crippen LogP contribution is -2.29. The summed E-state index contributed by atoms with van der Waals surface area (Å²) in [4.78, 5) is 24.9. The average molecular weight is 470 g/mol. The van der Waals surface area contributed by atoms with Crippen molar-refractivity contribution in [3.8, 4) is 0 Å². The number of nitrogens with zero attached hydrogens (tertiary/aromatic N) is 3. The van der Waals surface area contributed by atoms with Crippen LogP contribution < -0.4 is 15.7 Å². The van der Waals surface area contributed by atoms with E-state index in [1.165, 1.54) is 22.9 Å². The zero-order chi connectivity index (χ0) is 23.4. The lowest BCUT2D eigenvalue weighted by Gasteiger charge is -2.10. The predicted octanol–water partition coefficient (Wildman–Crippen LogP) is 2.31. The minimum Gasteiger partial charge on any atom is -0.352 e. The third-order valence-electron chi connectivity index (χ3n) is 5.54. The SMILES string of the molecule is Cc1cccc(NS(=O)(=O)c2cccc(C(=O)NCCCn3nc4n(c3=O)CCCC4)c2)c1. The zero-order valence-electron chi connectivity index (χ0n) is 18.5. The minimum atomic E-state index is -3.83. The molecule has 2 N–H and O–H groups in total. The van der Waals surface area contributed by atoms with E-state index in [1.807, 2.05) is 13.0 Å². The Morgan fingerprint density at radius 2 is 1.94 bits per heavy atom. The summed E-state index contributed by atoms with van der Waals surface area (Å²) >= 11 is 0. The van der Waals surface area contributed by atoms with E-state index in [4.69, 9.17) is 0 Å². The van der Waals surface area contributed by atoms with Gasteiger partial charge in [-0.15, -0.1) is 0 Å². The third-order valence-corrected chi connectivity index (χ3v) is 6.92. The Bertz CT molecular complexity index is 1330. The van der Waals surface area contributed by atoms with Gasteiger partial charge in [-0.25, -0.2) is 17.9 Å². The van der Waals surface area contributed by atoms with E-state index in [2.05, 4.69) is 15.1 Å². The Morgan fingerprint density at radius 1 is 1.12 bits per heavy atom. The number of amides is 1. The Labute approximate surface area is 192 Å². The van der Waals surface area contributed by atoms with Crippen molar-refractivity contribution < 1.29 is 13.2 Å². The number of fused-ring (bicyclic) bond motifs is 1. The van der Waals surface area contributed by atoms with Crippen molar-refractivity contribution in [3.63, 3.8) is 0 Å². The highest BCUT2D eigenvalue weighted by Crippen LogP contribution is 2.18. The van der Waals surface area contributed by atoms with Crippen LogP contribution in [-0.2, 0) is 29.5 Å². The summed E-state index contributed by atoms with van der Waals surface area (Å²) in [6.07, 6.45) is 3.39. The van der Waals surface area contributed by atoms with Gasteiger partial charge in [0, 0.05) is 37.3 Å². The Balaban J connectivity index is 1.35. The number of aryl methyl sites for hydroxylation is 3. The molecule has 2 aromatic carbocycles. The molecule has 0 spiro atoms. The first-order valence-corrected chi connectivity index (χ1v) is 12.5. The molecule has 10 heteroatoms. The number of aromatic nitrogens is 3. The first-order valence-electron chi connectivity index (χ1n) is 11.0. The van der Waals surface area contributed by atoms with E-state index in [0.717, 1.165) is 30.7 Å². The quantitative estimate of drug-likeness (QED) is 0.491. The van der Waals surface area contributed by atoms with Crippen molar-refractivity contribution >= 4 is 21.6 Å². The predicted molar refractivity (Wildman–Crippen MR) is 125 cm³/mol. The van der Waals surface area contributed by atoms with Crippen LogP contribution >= 0.6 is 0 Å². The molecule has 0 unspecified atom stereocenters. The molecule has 4 rings (SSSR count). The van der Waals surface area contributed by atoms with E-state index in [9.17, 15) is 18.0 Å². The van der Waals surface area contributed by atoms with Crippen LogP contribution in [0.5, 0.6) is 0 Å². The number of rotatable bonds is 8. The summed E-state index contributed by atoms with van der Waals surface area (Å²) in [7, 11) is -3.83. The topological polar surface area (TPSA) is 115 Å². The van der Waals surface area contributed by atoms with Crippen LogP contribution in [0.1, 0.15) is 41.0 Å². The lowest BCUT2D eigenvalue weighted by molar-refractivity contribution is 0.0952. The molecule has 174 valence electrons. The number of anilines is 1. The molecule has 0 atom stereocenters. The van der Waals surface area contributed by atoms with Gasteiger partial charge in [-0.1, -0.05) is 18.2 Å². The second kappa shape index (κ2) is 9.62. The molecule has 0 fully saturated rings. The summed E-state index contributed by atoms with van der Waals surface area (Å²) in [6, 6.07) is 12.9. The van der Waals surface area contributed by atoms with Gasteiger partial charge in [-0.3, -0.25) is 14.1 Å². The van der Waals surface area contributed by atoms with Crippen LogP contribution in [0, 0.1) is 6.92 Å². The molecule has 0 saturated carbocycles. The van der Waals surface area contributed by atoms with Gasteiger partial charge in [0.05, 0.1) is 4.90 Å².